The molecule has 0 fully saturated rings. The fourth-order valence-corrected chi connectivity index (χ4v) is 1.38. The lowest BCUT2D eigenvalue weighted by Gasteiger charge is -2.02. The first-order valence-corrected chi connectivity index (χ1v) is 4.08. The third kappa shape index (κ3) is 1.27. The minimum Gasteiger partial charge on any atom is -0.253 e. The van der Waals surface area contributed by atoms with Crippen LogP contribution in [0.5, 0.6) is 0 Å². The average molecular weight is 191 g/mol. The van der Waals surface area contributed by atoms with Gasteiger partial charge in [-0.15, -0.1) is 0 Å². The smallest absolute Gasteiger partial charge is 0.152 e. The summed E-state index contributed by atoms with van der Waals surface area (Å²) in [4.78, 5) is 3.84. The van der Waals surface area contributed by atoms with E-state index in [4.69, 9.17) is 0 Å². The lowest BCUT2D eigenvalue weighted by Crippen LogP contribution is -1.88. The quantitative estimate of drug-likeness (QED) is 0.674. The van der Waals surface area contributed by atoms with Crippen LogP contribution in [-0.2, 0) is 0 Å². The van der Waals surface area contributed by atoms with Crippen molar-refractivity contribution in [3.05, 3.63) is 48.2 Å². The van der Waals surface area contributed by atoms with Crippen LogP contribution in [-0.4, -0.2) is 4.98 Å². The third-order valence-electron chi connectivity index (χ3n) is 2.02. The molecule has 2 aromatic rings. The maximum Gasteiger partial charge on any atom is 0.152 e. The van der Waals surface area contributed by atoms with E-state index in [2.05, 4.69) is 11.6 Å². The van der Waals surface area contributed by atoms with Crippen LogP contribution in [0.2, 0.25) is 0 Å². The van der Waals surface area contributed by atoms with E-state index in [1.807, 2.05) is 0 Å². The molecule has 3 heteroatoms. The van der Waals surface area contributed by atoms with E-state index >= 15 is 0 Å². The monoisotopic (exact) mass is 191 g/mol. The third-order valence-corrected chi connectivity index (χ3v) is 2.02. The molecule has 1 aromatic heterocycles. The van der Waals surface area contributed by atoms with Crippen molar-refractivity contribution >= 4 is 17.0 Å². The van der Waals surface area contributed by atoms with E-state index in [0.717, 1.165) is 6.07 Å². The number of aromatic nitrogens is 1. The molecule has 0 radical (unpaired) electrons. The maximum atomic E-state index is 13.2. The van der Waals surface area contributed by atoms with Gasteiger partial charge in [-0.25, -0.2) is 8.78 Å². The molecule has 14 heavy (non-hydrogen) atoms. The first-order chi connectivity index (χ1) is 6.72. The highest BCUT2D eigenvalue weighted by molar-refractivity contribution is 5.87. The van der Waals surface area contributed by atoms with Crippen LogP contribution in [0.1, 0.15) is 5.56 Å². The molecule has 0 saturated heterocycles. The summed E-state index contributed by atoms with van der Waals surface area (Å²) in [6, 6.07) is 3.73. The summed E-state index contributed by atoms with van der Waals surface area (Å²) in [7, 11) is 0. The normalized spacial score (nSPS) is 10.4. The standard InChI is InChI=1S/C11H7F2N/c1-2-7-3-4-14-11-9(7)5-8(12)6-10(11)13/h2-6H,1H2. The first-order valence-electron chi connectivity index (χ1n) is 4.08. The lowest BCUT2D eigenvalue weighted by atomic mass is 10.1. The van der Waals surface area contributed by atoms with Crippen molar-refractivity contribution < 1.29 is 8.78 Å². The Morgan fingerprint density at radius 2 is 2.07 bits per heavy atom. The van der Waals surface area contributed by atoms with Crippen molar-refractivity contribution in [2.45, 2.75) is 0 Å². The molecule has 0 bridgehead atoms. The van der Waals surface area contributed by atoms with E-state index in [0.29, 0.717) is 10.9 Å². The van der Waals surface area contributed by atoms with Gasteiger partial charge in [0, 0.05) is 17.6 Å². The zero-order chi connectivity index (χ0) is 10.1. The fourth-order valence-electron chi connectivity index (χ4n) is 1.38. The molecular formula is C11H7F2N. The lowest BCUT2D eigenvalue weighted by molar-refractivity contribution is 0.590. The zero-order valence-electron chi connectivity index (χ0n) is 7.30. The van der Waals surface area contributed by atoms with Crippen LogP contribution in [0.15, 0.2) is 31.0 Å². The Hall–Kier alpha value is -1.77. The predicted octanol–water partition coefficient (Wildman–Crippen LogP) is 3.16. The molecule has 0 aliphatic rings. The highest BCUT2D eigenvalue weighted by Crippen LogP contribution is 2.21. The van der Waals surface area contributed by atoms with Crippen LogP contribution in [0.25, 0.3) is 17.0 Å². The number of benzene rings is 1. The van der Waals surface area contributed by atoms with Gasteiger partial charge in [0.15, 0.2) is 5.82 Å². The van der Waals surface area contributed by atoms with Gasteiger partial charge >= 0.3 is 0 Å². The van der Waals surface area contributed by atoms with Gasteiger partial charge in [-0.2, -0.15) is 0 Å². The molecule has 1 aromatic carbocycles. The van der Waals surface area contributed by atoms with Gasteiger partial charge in [0.05, 0.1) is 0 Å². The van der Waals surface area contributed by atoms with Crippen molar-refractivity contribution in [1.82, 2.24) is 4.98 Å². The Morgan fingerprint density at radius 3 is 2.79 bits per heavy atom. The molecule has 0 atom stereocenters. The Morgan fingerprint density at radius 1 is 1.29 bits per heavy atom. The first kappa shape index (κ1) is 8.81. The Kier molecular flexibility index (Phi) is 2.00. The fraction of sp³-hybridized carbons (Fsp3) is 0. The molecule has 0 saturated carbocycles. The molecule has 0 N–H and O–H groups in total. The van der Waals surface area contributed by atoms with Crippen LogP contribution < -0.4 is 0 Å². The molecule has 0 amide bonds. The summed E-state index contributed by atoms with van der Waals surface area (Å²) in [5.74, 6) is -1.25. The number of halogens is 2. The van der Waals surface area contributed by atoms with Crippen LogP contribution in [0, 0.1) is 11.6 Å². The molecular weight excluding hydrogens is 184 g/mol. The second kappa shape index (κ2) is 3.18. The minimum atomic E-state index is -0.649. The number of nitrogens with zero attached hydrogens (tertiary/aromatic N) is 1. The van der Waals surface area contributed by atoms with Crippen molar-refractivity contribution in [2.24, 2.45) is 0 Å². The van der Waals surface area contributed by atoms with Crippen LogP contribution >= 0.6 is 0 Å². The summed E-state index contributed by atoms with van der Waals surface area (Å²) in [6.07, 6.45) is 3.02. The van der Waals surface area contributed by atoms with Crippen molar-refractivity contribution in [1.29, 1.82) is 0 Å². The molecule has 2 rings (SSSR count). The van der Waals surface area contributed by atoms with E-state index < -0.39 is 11.6 Å². The van der Waals surface area contributed by atoms with E-state index in [1.54, 1.807) is 12.1 Å². The molecule has 0 aliphatic carbocycles. The van der Waals surface area contributed by atoms with Gasteiger partial charge in [0.25, 0.3) is 0 Å². The number of hydrogen-bond donors (Lipinski definition) is 0. The summed E-state index contributed by atoms with van der Waals surface area (Å²) < 4.78 is 26.1. The zero-order valence-corrected chi connectivity index (χ0v) is 7.30. The largest absolute Gasteiger partial charge is 0.253 e. The molecule has 1 heterocycles. The highest BCUT2D eigenvalue weighted by Gasteiger charge is 2.06. The maximum absolute atomic E-state index is 13.2. The van der Waals surface area contributed by atoms with Crippen molar-refractivity contribution in [3.63, 3.8) is 0 Å². The SMILES string of the molecule is C=Cc1ccnc2c(F)cc(F)cc12. The van der Waals surface area contributed by atoms with Gasteiger partial charge in [0.2, 0.25) is 0 Å². The molecule has 0 spiro atoms. The van der Waals surface area contributed by atoms with Gasteiger partial charge in [-0.1, -0.05) is 12.7 Å². The Labute approximate surface area is 79.7 Å². The summed E-state index contributed by atoms with van der Waals surface area (Å²) >= 11 is 0. The van der Waals surface area contributed by atoms with E-state index in [1.165, 1.54) is 12.3 Å². The molecule has 0 aliphatic heterocycles. The van der Waals surface area contributed by atoms with Gasteiger partial charge < -0.3 is 0 Å². The van der Waals surface area contributed by atoms with E-state index in [-0.39, 0.29) is 5.52 Å². The Balaban J connectivity index is 2.93. The number of fused-ring (bicyclic) bond motifs is 1. The number of rotatable bonds is 1. The van der Waals surface area contributed by atoms with Gasteiger partial charge in [-0.3, -0.25) is 4.98 Å². The van der Waals surface area contributed by atoms with Crippen molar-refractivity contribution in [2.75, 3.05) is 0 Å². The van der Waals surface area contributed by atoms with E-state index in [9.17, 15) is 8.78 Å². The van der Waals surface area contributed by atoms with Gasteiger partial charge in [0.1, 0.15) is 11.3 Å². The minimum absolute atomic E-state index is 0.170. The van der Waals surface area contributed by atoms with Gasteiger partial charge in [-0.05, 0) is 17.7 Å². The molecule has 1 nitrogen and oxygen atoms in total. The summed E-state index contributed by atoms with van der Waals surface area (Å²) in [6.45, 7) is 3.57. The predicted molar refractivity (Wildman–Crippen MR) is 51.8 cm³/mol. The summed E-state index contributed by atoms with van der Waals surface area (Å²) in [5.41, 5.74) is 0.845. The average Bonchev–Trinajstić information content (AvgIpc) is 2.17. The second-order valence-corrected chi connectivity index (χ2v) is 2.89. The van der Waals surface area contributed by atoms with Crippen LogP contribution in [0.3, 0.4) is 0 Å². The number of pyridine rings is 1. The van der Waals surface area contributed by atoms with Crippen molar-refractivity contribution in [3.8, 4) is 0 Å². The topological polar surface area (TPSA) is 12.9 Å². The van der Waals surface area contributed by atoms with Crippen LogP contribution in [0.4, 0.5) is 8.78 Å². The Bertz CT molecular complexity index is 506. The number of hydrogen-bond acceptors (Lipinski definition) is 1. The molecule has 0 unspecified atom stereocenters. The highest BCUT2D eigenvalue weighted by atomic mass is 19.1. The summed E-state index contributed by atoms with van der Waals surface area (Å²) in [5, 5.41) is 0.444. The second-order valence-electron chi connectivity index (χ2n) is 2.89. The molecule has 70 valence electrons.